The van der Waals surface area contributed by atoms with E-state index in [-0.39, 0.29) is 23.3 Å². The van der Waals surface area contributed by atoms with Crippen LogP contribution in [0.25, 0.3) is 10.9 Å². The Morgan fingerprint density at radius 1 is 1.14 bits per heavy atom. The molecular formula is C26H30Cl2N4O4. The fraction of sp³-hybridized carbons (Fsp3) is 0.385. The summed E-state index contributed by atoms with van der Waals surface area (Å²) in [5.41, 5.74) is 1.46. The third-order valence-corrected chi connectivity index (χ3v) is 7.20. The summed E-state index contributed by atoms with van der Waals surface area (Å²) in [7, 11) is 0. The average molecular weight is 533 g/mol. The minimum atomic E-state index is -0.784. The molecule has 5 N–H and O–H groups in total. The second-order valence-electron chi connectivity index (χ2n) is 9.09. The van der Waals surface area contributed by atoms with Crippen LogP contribution >= 0.6 is 23.2 Å². The summed E-state index contributed by atoms with van der Waals surface area (Å²) in [6.45, 7) is 3.12. The van der Waals surface area contributed by atoms with Crippen LogP contribution in [0.15, 0.2) is 47.3 Å². The summed E-state index contributed by atoms with van der Waals surface area (Å²) in [6.07, 6.45) is 1.45. The standard InChI is InChI=1S/C26H30Cl2N4O4/c27-17-1-4-21(28)16(13-17)14-30-24(35)9-12-32-10-7-18(8-11-32)29-15-23(34)19-2-5-22(33)26-20(19)3-6-25(36)31-26/h1-6,13,18,23,29,33-34H,7-12,14-15H2,(H,30,35)(H,31,36)/t23-/m0/s1. The second kappa shape index (κ2) is 12.1. The summed E-state index contributed by atoms with van der Waals surface area (Å²) in [5, 5.41) is 28.9. The number of phenols is 1. The SMILES string of the molecule is O=C(CCN1CCC(NC[C@H](O)c2ccc(O)c3[nH]c(=O)ccc23)CC1)NCc1cc(Cl)ccc1Cl. The van der Waals surface area contributed by atoms with E-state index in [1.165, 1.54) is 12.1 Å². The fourth-order valence-corrected chi connectivity index (χ4v) is 4.90. The van der Waals surface area contributed by atoms with Crippen LogP contribution in [0.3, 0.4) is 0 Å². The van der Waals surface area contributed by atoms with E-state index in [0.29, 0.717) is 52.6 Å². The van der Waals surface area contributed by atoms with Crippen molar-refractivity contribution >= 4 is 40.0 Å². The van der Waals surface area contributed by atoms with Gasteiger partial charge in [-0.1, -0.05) is 29.3 Å². The summed E-state index contributed by atoms with van der Waals surface area (Å²) in [5.74, 6) is -0.0576. The first-order chi connectivity index (χ1) is 17.3. The number of aliphatic hydroxyl groups excluding tert-OH is 1. The number of aromatic hydroxyl groups is 1. The van der Waals surface area contributed by atoms with Gasteiger partial charge in [0.25, 0.3) is 0 Å². The van der Waals surface area contributed by atoms with Crippen LogP contribution in [0.1, 0.15) is 36.5 Å². The fourth-order valence-electron chi connectivity index (χ4n) is 4.52. The number of carbonyl (C=O) groups excluding carboxylic acids is 1. The lowest BCUT2D eigenvalue weighted by Gasteiger charge is -2.32. The average Bonchev–Trinajstić information content (AvgIpc) is 2.87. The number of aromatic nitrogens is 1. The predicted octanol–water partition coefficient (Wildman–Crippen LogP) is 3.33. The Balaban J connectivity index is 1.19. The number of pyridine rings is 1. The van der Waals surface area contributed by atoms with Gasteiger partial charge in [0.15, 0.2) is 0 Å². The van der Waals surface area contributed by atoms with Gasteiger partial charge < -0.3 is 30.7 Å². The number of phenolic OH excluding ortho intramolecular Hbond substituents is 1. The molecule has 3 aromatic rings. The molecule has 1 aromatic heterocycles. The predicted molar refractivity (Wildman–Crippen MR) is 142 cm³/mol. The van der Waals surface area contributed by atoms with Crippen LogP contribution in [-0.4, -0.2) is 58.2 Å². The van der Waals surface area contributed by atoms with E-state index in [0.717, 1.165) is 31.5 Å². The number of amides is 1. The first-order valence-electron chi connectivity index (χ1n) is 12.0. The van der Waals surface area contributed by atoms with Crippen molar-refractivity contribution in [1.29, 1.82) is 0 Å². The molecule has 4 rings (SSSR count). The molecule has 1 fully saturated rings. The molecule has 192 valence electrons. The Kier molecular flexibility index (Phi) is 8.87. The molecule has 0 spiro atoms. The normalized spacial score (nSPS) is 15.8. The topological polar surface area (TPSA) is 118 Å². The van der Waals surface area contributed by atoms with Crippen molar-refractivity contribution in [3.05, 3.63) is 74.0 Å². The molecular weight excluding hydrogens is 503 g/mol. The smallest absolute Gasteiger partial charge is 0.248 e. The number of nitrogens with one attached hydrogen (secondary N) is 3. The molecule has 1 amide bonds. The van der Waals surface area contributed by atoms with Crippen LogP contribution in [0, 0.1) is 0 Å². The van der Waals surface area contributed by atoms with Gasteiger partial charge in [0, 0.05) is 53.6 Å². The van der Waals surface area contributed by atoms with Gasteiger partial charge in [0.2, 0.25) is 11.5 Å². The minimum Gasteiger partial charge on any atom is -0.506 e. The van der Waals surface area contributed by atoms with Crippen molar-refractivity contribution in [3.8, 4) is 5.75 Å². The number of benzene rings is 2. The number of aromatic amines is 1. The van der Waals surface area contributed by atoms with Gasteiger partial charge in [-0.05, 0) is 67.4 Å². The molecule has 0 saturated carbocycles. The maximum absolute atomic E-state index is 12.3. The molecule has 2 aromatic carbocycles. The van der Waals surface area contributed by atoms with Gasteiger partial charge in [0.05, 0.1) is 11.6 Å². The van der Waals surface area contributed by atoms with E-state index in [2.05, 4.69) is 20.5 Å². The molecule has 0 radical (unpaired) electrons. The number of nitrogens with zero attached hydrogens (tertiary/aromatic N) is 1. The Bertz CT molecular complexity index is 1270. The van der Waals surface area contributed by atoms with E-state index in [1.54, 1.807) is 30.3 Å². The Morgan fingerprint density at radius 3 is 2.69 bits per heavy atom. The lowest BCUT2D eigenvalue weighted by molar-refractivity contribution is -0.121. The molecule has 1 atom stereocenters. The number of likely N-dealkylation sites (tertiary alicyclic amines) is 1. The first kappa shape index (κ1) is 26.4. The van der Waals surface area contributed by atoms with Gasteiger partial charge in [-0.3, -0.25) is 9.59 Å². The summed E-state index contributed by atoms with van der Waals surface area (Å²) < 4.78 is 0. The van der Waals surface area contributed by atoms with E-state index in [9.17, 15) is 19.8 Å². The highest BCUT2D eigenvalue weighted by Gasteiger charge is 2.21. The van der Waals surface area contributed by atoms with Crippen molar-refractivity contribution in [3.63, 3.8) is 0 Å². The largest absolute Gasteiger partial charge is 0.506 e. The Morgan fingerprint density at radius 2 is 1.92 bits per heavy atom. The van der Waals surface area contributed by atoms with Crippen molar-refractivity contribution in [2.75, 3.05) is 26.2 Å². The third-order valence-electron chi connectivity index (χ3n) is 6.59. The van der Waals surface area contributed by atoms with Crippen molar-refractivity contribution in [1.82, 2.24) is 20.5 Å². The quantitative estimate of drug-likeness (QED) is 0.288. The van der Waals surface area contributed by atoms with E-state index < -0.39 is 6.10 Å². The molecule has 1 saturated heterocycles. The molecule has 8 nitrogen and oxygen atoms in total. The number of H-pyrrole nitrogens is 1. The van der Waals surface area contributed by atoms with Gasteiger partial charge in [-0.2, -0.15) is 0 Å². The van der Waals surface area contributed by atoms with Crippen LogP contribution in [0.4, 0.5) is 0 Å². The number of rotatable bonds is 9. The maximum Gasteiger partial charge on any atom is 0.248 e. The van der Waals surface area contributed by atoms with Crippen LogP contribution < -0.4 is 16.2 Å². The highest BCUT2D eigenvalue weighted by molar-refractivity contribution is 6.33. The maximum atomic E-state index is 12.3. The summed E-state index contributed by atoms with van der Waals surface area (Å²) in [6, 6.07) is 11.6. The first-order valence-corrected chi connectivity index (χ1v) is 12.7. The van der Waals surface area contributed by atoms with Crippen molar-refractivity contribution < 1.29 is 15.0 Å². The number of piperidine rings is 1. The highest BCUT2D eigenvalue weighted by atomic mass is 35.5. The molecule has 36 heavy (non-hydrogen) atoms. The summed E-state index contributed by atoms with van der Waals surface area (Å²) >= 11 is 12.1. The van der Waals surface area contributed by atoms with Crippen molar-refractivity contribution in [2.24, 2.45) is 0 Å². The molecule has 2 heterocycles. The Labute approximate surface area is 219 Å². The number of aliphatic hydroxyl groups is 1. The molecule has 1 aliphatic rings. The molecule has 0 unspecified atom stereocenters. The zero-order valence-corrected chi connectivity index (χ0v) is 21.3. The lowest BCUT2D eigenvalue weighted by Crippen LogP contribution is -2.44. The molecule has 1 aliphatic heterocycles. The van der Waals surface area contributed by atoms with Crippen LogP contribution in [0.2, 0.25) is 10.0 Å². The van der Waals surface area contributed by atoms with Gasteiger partial charge in [-0.15, -0.1) is 0 Å². The van der Waals surface area contributed by atoms with Gasteiger partial charge in [0.1, 0.15) is 5.75 Å². The minimum absolute atomic E-state index is 0.0269. The van der Waals surface area contributed by atoms with E-state index in [1.807, 2.05) is 0 Å². The Hall–Kier alpha value is -2.62. The van der Waals surface area contributed by atoms with Crippen LogP contribution in [-0.2, 0) is 11.3 Å². The highest BCUT2D eigenvalue weighted by Crippen LogP contribution is 2.28. The number of hydrogen-bond donors (Lipinski definition) is 5. The number of halogens is 2. The van der Waals surface area contributed by atoms with Crippen molar-refractivity contribution in [2.45, 2.75) is 38.0 Å². The van der Waals surface area contributed by atoms with E-state index >= 15 is 0 Å². The zero-order valence-electron chi connectivity index (χ0n) is 19.8. The lowest BCUT2D eigenvalue weighted by atomic mass is 10.0. The summed E-state index contributed by atoms with van der Waals surface area (Å²) in [4.78, 5) is 28.8. The van der Waals surface area contributed by atoms with Gasteiger partial charge in [-0.25, -0.2) is 0 Å². The molecule has 0 aliphatic carbocycles. The number of carbonyl (C=O) groups is 1. The third kappa shape index (κ3) is 6.78. The molecule has 0 bridgehead atoms. The monoisotopic (exact) mass is 532 g/mol. The second-order valence-corrected chi connectivity index (χ2v) is 9.93. The van der Waals surface area contributed by atoms with Gasteiger partial charge >= 0.3 is 0 Å². The van der Waals surface area contributed by atoms with E-state index in [4.69, 9.17) is 23.2 Å². The number of fused-ring (bicyclic) bond motifs is 1. The number of hydrogen-bond acceptors (Lipinski definition) is 6. The van der Waals surface area contributed by atoms with Crippen LogP contribution in [0.5, 0.6) is 5.75 Å². The zero-order chi connectivity index (χ0) is 25.7. The molecule has 10 heteroatoms.